The van der Waals surface area contributed by atoms with Gasteiger partial charge in [0.25, 0.3) is 5.91 Å². The van der Waals surface area contributed by atoms with E-state index in [9.17, 15) is 4.79 Å². The Balaban J connectivity index is 1.45. The standard InChI is InChI=1S/C20H14Cl2N2O3/c21-15-2-1-3-16(22)19(15)27-18-7-5-14(11-23-18)24-20(25)13-4-6-17-12(10-13)8-9-26-17/h1-7,10-11H,8-9H2,(H,24,25). The lowest BCUT2D eigenvalue weighted by atomic mass is 10.1. The number of halogens is 2. The topological polar surface area (TPSA) is 60.5 Å². The number of pyridine rings is 1. The first kappa shape index (κ1) is 17.6. The van der Waals surface area contributed by atoms with Crippen LogP contribution in [0.25, 0.3) is 0 Å². The number of rotatable bonds is 4. The Bertz CT molecular complexity index is 986. The molecule has 27 heavy (non-hydrogen) atoms. The Labute approximate surface area is 165 Å². The fraction of sp³-hybridized carbons (Fsp3) is 0.100. The first-order valence-electron chi connectivity index (χ1n) is 8.25. The van der Waals surface area contributed by atoms with Crippen molar-refractivity contribution in [1.82, 2.24) is 4.98 Å². The molecule has 5 nitrogen and oxygen atoms in total. The van der Waals surface area contributed by atoms with Crippen LogP contribution in [0.1, 0.15) is 15.9 Å². The summed E-state index contributed by atoms with van der Waals surface area (Å²) in [5.41, 5.74) is 2.16. The summed E-state index contributed by atoms with van der Waals surface area (Å²) in [7, 11) is 0. The highest BCUT2D eigenvalue weighted by atomic mass is 35.5. The first-order chi connectivity index (χ1) is 13.1. The van der Waals surface area contributed by atoms with Crippen LogP contribution in [-0.2, 0) is 6.42 Å². The van der Waals surface area contributed by atoms with Crippen LogP contribution in [-0.4, -0.2) is 17.5 Å². The minimum absolute atomic E-state index is 0.214. The molecule has 1 aromatic heterocycles. The maximum atomic E-state index is 12.4. The summed E-state index contributed by atoms with van der Waals surface area (Å²) < 4.78 is 11.1. The fourth-order valence-electron chi connectivity index (χ4n) is 2.73. The molecule has 3 aromatic rings. The van der Waals surface area contributed by atoms with Crippen LogP contribution in [0, 0.1) is 0 Å². The Morgan fingerprint density at radius 2 is 1.93 bits per heavy atom. The summed E-state index contributed by atoms with van der Waals surface area (Å²) >= 11 is 12.2. The van der Waals surface area contributed by atoms with Crippen molar-refractivity contribution in [2.24, 2.45) is 0 Å². The van der Waals surface area contributed by atoms with Gasteiger partial charge in [-0.1, -0.05) is 29.3 Å². The lowest BCUT2D eigenvalue weighted by Crippen LogP contribution is -2.12. The third-order valence-corrected chi connectivity index (χ3v) is 4.67. The van der Waals surface area contributed by atoms with Gasteiger partial charge in [0.1, 0.15) is 5.75 Å². The van der Waals surface area contributed by atoms with Gasteiger partial charge in [0.15, 0.2) is 5.75 Å². The van der Waals surface area contributed by atoms with Crippen LogP contribution in [0.15, 0.2) is 54.7 Å². The lowest BCUT2D eigenvalue weighted by Gasteiger charge is -2.10. The number of hydrogen-bond donors (Lipinski definition) is 1. The van der Waals surface area contributed by atoms with Crippen molar-refractivity contribution < 1.29 is 14.3 Å². The molecule has 1 N–H and O–H groups in total. The summed E-state index contributed by atoms with van der Waals surface area (Å²) in [6, 6.07) is 13.8. The van der Waals surface area contributed by atoms with Crippen molar-refractivity contribution in [1.29, 1.82) is 0 Å². The van der Waals surface area contributed by atoms with Gasteiger partial charge < -0.3 is 14.8 Å². The van der Waals surface area contributed by atoms with Gasteiger partial charge in [-0.15, -0.1) is 0 Å². The molecule has 0 fully saturated rings. The molecule has 2 aromatic carbocycles. The summed E-state index contributed by atoms with van der Waals surface area (Å²) in [6.07, 6.45) is 2.32. The number of nitrogens with one attached hydrogen (secondary N) is 1. The molecule has 2 heterocycles. The summed E-state index contributed by atoms with van der Waals surface area (Å²) in [4.78, 5) is 16.6. The molecular formula is C20H14Cl2N2O3. The van der Waals surface area contributed by atoms with Gasteiger partial charge in [-0.25, -0.2) is 4.98 Å². The van der Waals surface area contributed by atoms with E-state index in [1.54, 1.807) is 36.4 Å². The summed E-state index contributed by atoms with van der Waals surface area (Å²) in [6.45, 7) is 0.654. The van der Waals surface area contributed by atoms with Crippen LogP contribution in [0.4, 0.5) is 5.69 Å². The SMILES string of the molecule is O=C(Nc1ccc(Oc2c(Cl)cccc2Cl)nc1)c1ccc2c(c1)CCO2. The van der Waals surface area contributed by atoms with Crippen LogP contribution in [0.2, 0.25) is 10.0 Å². The maximum absolute atomic E-state index is 12.4. The average molecular weight is 401 g/mol. The number of benzene rings is 2. The van der Waals surface area contributed by atoms with Crippen molar-refractivity contribution in [3.8, 4) is 17.4 Å². The van der Waals surface area contributed by atoms with Crippen molar-refractivity contribution in [3.05, 3.63) is 75.9 Å². The second-order valence-electron chi connectivity index (χ2n) is 5.91. The van der Waals surface area contributed by atoms with E-state index in [1.807, 2.05) is 12.1 Å². The predicted octanol–water partition coefficient (Wildman–Crippen LogP) is 5.37. The first-order valence-corrected chi connectivity index (χ1v) is 9.01. The minimum atomic E-state index is -0.214. The molecule has 136 valence electrons. The zero-order chi connectivity index (χ0) is 18.8. The molecule has 1 aliphatic heterocycles. The quantitative estimate of drug-likeness (QED) is 0.639. The largest absolute Gasteiger partial charge is 0.493 e. The van der Waals surface area contributed by atoms with Gasteiger partial charge in [0.05, 0.1) is 28.5 Å². The Hall–Kier alpha value is -2.76. The third-order valence-electron chi connectivity index (χ3n) is 4.07. The van der Waals surface area contributed by atoms with E-state index in [0.29, 0.717) is 39.5 Å². The zero-order valence-corrected chi connectivity index (χ0v) is 15.6. The van der Waals surface area contributed by atoms with Crippen LogP contribution in [0.5, 0.6) is 17.4 Å². The average Bonchev–Trinajstić information content (AvgIpc) is 3.14. The van der Waals surface area contributed by atoms with Crippen molar-refractivity contribution >= 4 is 34.8 Å². The molecular weight excluding hydrogens is 387 g/mol. The number of fused-ring (bicyclic) bond motifs is 1. The highest BCUT2D eigenvalue weighted by molar-refractivity contribution is 6.37. The molecule has 1 amide bonds. The second kappa shape index (κ2) is 7.47. The van der Waals surface area contributed by atoms with Gasteiger partial charge in [0, 0.05) is 18.1 Å². The van der Waals surface area contributed by atoms with E-state index in [2.05, 4.69) is 10.3 Å². The Kier molecular flexibility index (Phi) is 4.88. The third kappa shape index (κ3) is 3.84. The van der Waals surface area contributed by atoms with Crippen LogP contribution in [0.3, 0.4) is 0 Å². The number of carbonyl (C=O) groups excluding carboxylic acids is 1. The molecule has 0 unspecified atom stereocenters. The van der Waals surface area contributed by atoms with Crippen LogP contribution >= 0.6 is 23.2 Å². The minimum Gasteiger partial charge on any atom is -0.493 e. The molecule has 0 atom stereocenters. The molecule has 1 aliphatic rings. The van der Waals surface area contributed by atoms with E-state index in [0.717, 1.165) is 17.7 Å². The Morgan fingerprint density at radius 3 is 2.67 bits per heavy atom. The zero-order valence-electron chi connectivity index (χ0n) is 14.0. The van der Waals surface area contributed by atoms with Gasteiger partial charge in [-0.3, -0.25) is 4.79 Å². The highest BCUT2D eigenvalue weighted by Gasteiger charge is 2.15. The number of anilines is 1. The summed E-state index contributed by atoms with van der Waals surface area (Å²) in [5.74, 6) is 1.28. The number of amides is 1. The van der Waals surface area contributed by atoms with Gasteiger partial charge in [-0.2, -0.15) is 0 Å². The normalized spacial score (nSPS) is 12.2. The predicted molar refractivity (Wildman–Crippen MR) is 104 cm³/mol. The van der Waals surface area contributed by atoms with Crippen LogP contribution < -0.4 is 14.8 Å². The smallest absolute Gasteiger partial charge is 0.255 e. The molecule has 4 rings (SSSR count). The second-order valence-corrected chi connectivity index (χ2v) is 6.73. The van der Waals surface area contributed by atoms with E-state index in [-0.39, 0.29) is 5.91 Å². The van der Waals surface area contributed by atoms with E-state index in [4.69, 9.17) is 32.7 Å². The number of carbonyl (C=O) groups is 1. The molecule has 7 heteroatoms. The summed E-state index contributed by atoms with van der Waals surface area (Å²) in [5, 5.41) is 3.60. The van der Waals surface area contributed by atoms with Gasteiger partial charge in [-0.05, 0) is 42.0 Å². The van der Waals surface area contributed by atoms with Crippen molar-refractivity contribution in [2.75, 3.05) is 11.9 Å². The fourth-order valence-corrected chi connectivity index (χ4v) is 3.20. The number of aromatic nitrogens is 1. The molecule has 0 radical (unpaired) electrons. The molecule has 0 spiro atoms. The number of nitrogens with zero attached hydrogens (tertiary/aromatic N) is 1. The molecule has 0 saturated carbocycles. The molecule has 0 saturated heterocycles. The lowest BCUT2D eigenvalue weighted by molar-refractivity contribution is 0.102. The number of para-hydroxylation sites is 1. The molecule has 0 bridgehead atoms. The Morgan fingerprint density at radius 1 is 1.11 bits per heavy atom. The molecule has 0 aliphatic carbocycles. The highest BCUT2D eigenvalue weighted by Crippen LogP contribution is 2.35. The van der Waals surface area contributed by atoms with E-state index in [1.165, 1.54) is 6.20 Å². The van der Waals surface area contributed by atoms with Gasteiger partial charge in [0.2, 0.25) is 5.88 Å². The van der Waals surface area contributed by atoms with Crippen molar-refractivity contribution in [2.45, 2.75) is 6.42 Å². The van der Waals surface area contributed by atoms with E-state index >= 15 is 0 Å². The van der Waals surface area contributed by atoms with Crippen molar-refractivity contribution in [3.63, 3.8) is 0 Å². The number of ether oxygens (including phenoxy) is 2. The van der Waals surface area contributed by atoms with E-state index < -0.39 is 0 Å². The maximum Gasteiger partial charge on any atom is 0.255 e. The monoisotopic (exact) mass is 400 g/mol. The van der Waals surface area contributed by atoms with Gasteiger partial charge >= 0.3 is 0 Å². The number of hydrogen-bond acceptors (Lipinski definition) is 4.